The Bertz CT molecular complexity index is 1010. The second-order valence-electron chi connectivity index (χ2n) is 8.02. The minimum atomic E-state index is -1.38. The summed E-state index contributed by atoms with van der Waals surface area (Å²) in [5, 5.41) is 2.23. The molecule has 2 heterocycles. The molecule has 0 radical (unpaired) electrons. The number of halogens is 1. The van der Waals surface area contributed by atoms with Crippen molar-refractivity contribution in [3.8, 4) is 5.75 Å². The third-order valence-electron chi connectivity index (χ3n) is 5.27. The Morgan fingerprint density at radius 3 is 2.84 bits per heavy atom. The quantitative estimate of drug-likeness (QED) is 0.486. The van der Waals surface area contributed by atoms with E-state index >= 15 is 0 Å². The molecule has 2 fully saturated rings. The molecule has 3 N–H and O–H groups in total. The maximum absolute atomic E-state index is 14.0. The topological polar surface area (TPSA) is 104 Å². The zero-order valence-corrected chi connectivity index (χ0v) is 18.0. The van der Waals surface area contributed by atoms with Gasteiger partial charge in [-0.1, -0.05) is 6.07 Å². The van der Waals surface area contributed by atoms with Gasteiger partial charge in [0.15, 0.2) is 11.6 Å². The largest absolute Gasteiger partial charge is 0.490 e. The summed E-state index contributed by atoms with van der Waals surface area (Å²) in [4.78, 5) is 27.4. The Labute approximate surface area is 182 Å². The summed E-state index contributed by atoms with van der Waals surface area (Å²) in [5.41, 5.74) is 2.35. The van der Waals surface area contributed by atoms with Gasteiger partial charge in [-0.2, -0.15) is 0 Å². The zero-order valence-electron chi connectivity index (χ0n) is 17.2. The third-order valence-corrected chi connectivity index (χ3v) is 6.46. The zero-order chi connectivity index (χ0) is 22.0. The first-order valence-corrected chi connectivity index (χ1v) is 11.5. The van der Waals surface area contributed by atoms with Gasteiger partial charge in [-0.05, 0) is 55.0 Å². The van der Waals surface area contributed by atoms with Crippen LogP contribution in [0.4, 0.5) is 9.18 Å². The fourth-order valence-corrected chi connectivity index (χ4v) is 4.40. The highest BCUT2D eigenvalue weighted by molar-refractivity contribution is 7.82. The summed E-state index contributed by atoms with van der Waals surface area (Å²) in [6, 6.07) is 5.83. The first-order chi connectivity index (χ1) is 14.9. The van der Waals surface area contributed by atoms with Gasteiger partial charge in [0.25, 0.3) is 0 Å². The lowest BCUT2D eigenvalue weighted by Crippen LogP contribution is -2.27. The summed E-state index contributed by atoms with van der Waals surface area (Å²) in [5.74, 6) is 0.271. The van der Waals surface area contributed by atoms with Gasteiger partial charge in [-0.3, -0.25) is 10.1 Å². The predicted molar refractivity (Wildman–Crippen MR) is 113 cm³/mol. The molecule has 2 unspecified atom stereocenters. The molecule has 1 aliphatic carbocycles. The van der Waals surface area contributed by atoms with E-state index in [0.717, 1.165) is 29.7 Å². The maximum atomic E-state index is 14.0. The molecule has 1 saturated carbocycles. The Hall–Kier alpha value is -2.72. The van der Waals surface area contributed by atoms with Crippen molar-refractivity contribution in [3.63, 3.8) is 0 Å². The molecular formula is C21H25FN4O4S. The molecule has 8 nitrogen and oxygen atoms in total. The van der Waals surface area contributed by atoms with Crippen LogP contribution in [0.2, 0.25) is 0 Å². The molecule has 10 heteroatoms. The average Bonchev–Trinajstić information content (AvgIpc) is 3.36. The van der Waals surface area contributed by atoms with Crippen LogP contribution in [0, 0.1) is 11.7 Å². The Balaban J connectivity index is 1.30. The molecule has 2 aromatic rings. The van der Waals surface area contributed by atoms with Crippen molar-refractivity contribution in [1.82, 2.24) is 19.9 Å². The van der Waals surface area contributed by atoms with Crippen LogP contribution in [0.1, 0.15) is 42.6 Å². The van der Waals surface area contributed by atoms with Gasteiger partial charge >= 0.3 is 6.03 Å². The summed E-state index contributed by atoms with van der Waals surface area (Å²) in [7, 11) is -1.38. The minimum Gasteiger partial charge on any atom is -0.490 e. The van der Waals surface area contributed by atoms with Crippen LogP contribution in [0.15, 0.2) is 30.5 Å². The summed E-state index contributed by atoms with van der Waals surface area (Å²) in [6.45, 7) is 2.72. The van der Waals surface area contributed by atoms with Crippen molar-refractivity contribution in [1.29, 1.82) is 0 Å². The summed E-state index contributed by atoms with van der Waals surface area (Å²) < 4.78 is 35.2. The molecule has 1 aromatic heterocycles. The van der Waals surface area contributed by atoms with Gasteiger partial charge in [0.2, 0.25) is 5.91 Å². The maximum Gasteiger partial charge on any atom is 0.324 e. The number of carbonyl (C=O) groups is 2. The van der Waals surface area contributed by atoms with Crippen molar-refractivity contribution < 1.29 is 22.9 Å². The third kappa shape index (κ3) is 5.71. The minimum absolute atomic E-state index is 0.0361. The van der Waals surface area contributed by atoms with Gasteiger partial charge in [-0.25, -0.2) is 18.1 Å². The number of hydrogen-bond acceptors (Lipinski definition) is 4. The fourth-order valence-electron chi connectivity index (χ4n) is 3.34. The normalized spacial score (nSPS) is 18.2. The number of rotatable bonds is 10. The molecule has 1 aliphatic heterocycles. The highest BCUT2D eigenvalue weighted by Crippen LogP contribution is 2.31. The standard InChI is InChI=1S/C21H25FN4O4S/c1-13(16-4-5-18(22)19(7-16)30-11-14-2-3-14)25-31(29)12-17-6-15(8-23-17)9-26-10-20(27)24-21(26)28/h4-8,13-14,23,25H,2-3,9-12H2,1H3,(H,24,27,28). The lowest BCUT2D eigenvalue weighted by Gasteiger charge is -2.15. The number of carbonyl (C=O) groups excluding carboxylic acids is 2. The van der Waals surface area contributed by atoms with E-state index in [0.29, 0.717) is 19.1 Å². The Kier molecular flexibility index (Phi) is 6.38. The van der Waals surface area contributed by atoms with Crippen molar-refractivity contribution in [3.05, 3.63) is 53.1 Å². The first-order valence-electron chi connectivity index (χ1n) is 10.2. The van der Waals surface area contributed by atoms with Crippen molar-refractivity contribution in [2.24, 2.45) is 5.92 Å². The molecule has 1 saturated heterocycles. The number of nitrogens with one attached hydrogen (secondary N) is 3. The van der Waals surface area contributed by atoms with E-state index in [1.807, 2.05) is 13.0 Å². The number of aromatic nitrogens is 1. The second kappa shape index (κ2) is 9.19. The molecule has 4 rings (SSSR count). The smallest absolute Gasteiger partial charge is 0.324 e. The Morgan fingerprint density at radius 2 is 2.13 bits per heavy atom. The van der Waals surface area contributed by atoms with Gasteiger partial charge in [0.05, 0.1) is 23.3 Å². The summed E-state index contributed by atoms with van der Waals surface area (Å²) in [6.07, 6.45) is 3.99. The van der Waals surface area contributed by atoms with Crippen molar-refractivity contribution in [2.45, 2.75) is 38.1 Å². The fraction of sp³-hybridized carbons (Fsp3) is 0.429. The van der Waals surface area contributed by atoms with E-state index in [2.05, 4.69) is 15.0 Å². The number of aromatic amines is 1. The van der Waals surface area contributed by atoms with E-state index in [-0.39, 0.29) is 30.0 Å². The molecule has 3 amide bonds. The Morgan fingerprint density at radius 1 is 1.32 bits per heavy atom. The number of amides is 3. The molecule has 0 bridgehead atoms. The van der Waals surface area contributed by atoms with Crippen LogP contribution in [0.5, 0.6) is 5.75 Å². The van der Waals surface area contributed by atoms with Gasteiger partial charge in [-0.15, -0.1) is 0 Å². The number of nitrogens with zero attached hydrogens (tertiary/aromatic N) is 1. The van der Waals surface area contributed by atoms with Crippen molar-refractivity contribution in [2.75, 3.05) is 13.2 Å². The number of imide groups is 1. The van der Waals surface area contributed by atoms with Crippen LogP contribution in [0.25, 0.3) is 0 Å². The van der Waals surface area contributed by atoms with Gasteiger partial charge in [0.1, 0.15) is 6.54 Å². The van der Waals surface area contributed by atoms with Crippen LogP contribution in [-0.2, 0) is 28.1 Å². The monoisotopic (exact) mass is 448 g/mol. The van der Waals surface area contributed by atoms with E-state index in [1.165, 1.54) is 11.0 Å². The number of hydrogen-bond donors (Lipinski definition) is 3. The average molecular weight is 449 g/mol. The van der Waals surface area contributed by atoms with E-state index in [9.17, 15) is 18.2 Å². The number of ether oxygens (including phenoxy) is 1. The van der Waals surface area contributed by atoms with E-state index in [4.69, 9.17) is 4.74 Å². The number of benzene rings is 1. The number of urea groups is 1. The molecule has 1 aromatic carbocycles. The molecule has 2 atom stereocenters. The molecule has 0 spiro atoms. The SMILES string of the molecule is CC(NS(=O)Cc1cc(CN2CC(=O)NC2=O)c[nH]1)c1ccc(F)c(OCC2CC2)c1. The predicted octanol–water partition coefficient (Wildman–Crippen LogP) is 2.51. The molecule has 2 aliphatic rings. The van der Waals surface area contributed by atoms with Crippen LogP contribution in [-0.4, -0.2) is 39.2 Å². The van der Waals surface area contributed by atoms with E-state index < -0.39 is 22.8 Å². The van der Waals surface area contributed by atoms with Gasteiger partial charge in [0, 0.05) is 24.5 Å². The highest BCUT2D eigenvalue weighted by Gasteiger charge is 2.27. The van der Waals surface area contributed by atoms with Crippen LogP contribution >= 0.6 is 0 Å². The van der Waals surface area contributed by atoms with E-state index in [1.54, 1.807) is 18.3 Å². The lowest BCUT2D eigenvalue weighted by atomic mass is 10.1. The van der Waals surface area contributed by atoms with Crippen LogP contribution < -0.4 is 14.8 Å². The molecule has 166 valence electrons. The van der Waals surface area contributed by atoms with Crippen molar-refractivity contribution >= 4 is 22.9 Å². The summed E-state index contributed by atoms with van der Waals surface area (Å²) >= 11 is 0. The second-order valence-corrected chi connectivity index (χ2v) is 9.23. The molecule has 31 heavy (non-hydrogen) atoms. The van der Waals surface area contributed by atoms with Gasteiger partial charge < -0.3 is 14.6 Å². The highest BCUT2D eigenvalue weighted by atomic mass is 32.2. The molecular weight excluding hydrogens is 423 g/mol. The number of H-pyrrole nitrogens is 1. The first kappa shape index (κ1) is 21.5. The van der Waals surface area contributed by atoms with Crippen LogP contribution in [0.3, 0.4) is 0 Å². The lowest BCUT2D eigenvalue weighted by molar-refractivity contribution is -0.118.